The Balaban J connectivity index is 1.55. The van der Waals surface area contributed by atoms with E-state index >= 15 is 0 Å². The number of aromatic nitrogens is 2. The van der Waals surface area contributed by atoms with Crippen LogP contribution in [-0.2, 0) is 6.42 Å². The van der Waals surface area contributed by atoms with Crippen LogP contribution in [0.3, 0.4) is 0 Å². The van der Waals surface area contributed by atoms with Crippen LogP contribution in [-0.4, -0.2) is 22.4 Å². The van der Waals surface area contributed by atoms with Crippen LogP contribution in [0.1, 0.15) is 15.9 Å². The summed E-state index contributed by atoms with van der Waals surface area (Å²) in [5, 5.41) is 0. The largest absolute Gasteiger partial charge is 0.393 e. The molecule has 3 aromatic rings. The fourth-order valence-corrected chi connectivity index (χ4v) is 3.04. The van der Waals surface area contributed by atoms with Gasteiger partial charge in [0.2, 0.25) is 0 Å². The van der Waals surface area contributed by atoms with Crippen molar-refractivity contribution in [1.82, 2.24) is 15.4 Å². The van der Waals surface area contributed by atoms with Crippen molar-refractivity contribution in [3.63, 3.8) is 0 Å². The number of hydrazine groups is 1. The molecule has 2 heterocycles. The van der Waals surface area contributed by atoms with Gasteiger partial charge in [-0.15, -0.1) is 0 Å². The maximum absolute atomic E-state index is 12.2. The zero-order chi connectivity index (χ0) is 17.9. The number of nitrogen functional groups attached to an aromatic ring is 1. The summed E-state index contributed by atoms with van der Waals surface area (Å²) >= 11 is 0. The highest BCUT2D eigenvalue weighted by Crippen LogP contribution is 2.37. The fourth-order valence-electron chi connectivity index (χ4n) is 3.04. The molecule has 7 nitrogen and oxygen atoms in total. The monoisotopic (exact) mass is 346 g/mol. The molecule has 1 amide bonds. The molecule has 0 saturated carbocycles. The highest BCUT2D eigenvalue weighted by atomic mass is 16.2. The molecular weight excluding hydrogens is 328 g/mol. The first-order chi connectivity index (χ1) is 12.7. The summed E-state index contributed by atoms with van der Waals surface area (Å²) in [5.74, 6) is 0.724. The zero-order valence-electron chi connectivity index (χ0n) is 14.0. The first-order valence-corrected chi connectivity index (χ1v) is 8.31. The van der Waals surface area contributed by atoms with Gasteiger partial charge < -0.3 is 10.6 Å². The third-order valence-electron chi connectivity index (χ3n) is 4.34. The van der Waals surface area contributed by atoms with Crippen molar-refractivity contribution in [3.05, 3.63) is 72.1 Å². The first kappa shape index (κ1) is 15.9. The molecule has 4 N–H and O–H groups in total. The molecule has 0 unspecified atom stereocenters. The molecule has 4 rings (SSSR count). The molecule has 1 aliphatic rings. The van der Waals surface area contributed by atoms with E-state index in [9.17, 15) is 4.79 Å². The van der Waals surface area contributed by atoms with Gasteiger partial charge in [-0.25, -0.2) is 9.97 Å². The Hall–Kier alpha value is -3.61. The molecular formula is C19H18N6O. The van der Waals surface area contributed by atoms with E-state index in [0.29, 0.717) is 22.9 Å². The van der Waals surface area contributed by atoms with E-state index in [1.807, 2.05) is 24.3 Å². The van der Waals surface area contributed by atoms with E-state index in [0.717, 1.165) is 18.7 Å². The van der Waals surface area contributed by atoms with Crippen molar-refractivity contribution in [2.24, 2.45) is 0 Å². The highest BCUT2D eigenvalue weighted by Gasteiger charge is 2.24. The van der Waals surface area contributed by atoms with Crippen LogP contribution < -0.4 is 21.5 Å². The second-order valence-corrected chi connectivity index (χ2v) is 5.94. The molecule has 0 fully saturated rings. The average molecular weight is 346 g/mol. The lowest BCUT2D eigenvalue weighted by molar-refractivity contribution is 0.0962. The number of hydrogen-bond acceptors (Lipinski definition) is 6. The van der Waals surface area contributed by atoms with Crippen LogP contribution in [0.2, 0.25) is 0 Å². The van der Waals surface area contributed by atoms with Crippen LogP contribution in [0.15, 0.2) is 60.9 Å². The normalized spacial score (nSPS) is 12.5. The molecule has 0 saturated heterocycles. The van der Waals surface area contributed by atoms with Gasteiger partial charge in [-0.2, -0.15) is 0 Å². The summed E-state index contributed by atoms with van der Waals surface area (Å²) in [6.07, 6.45) is 2.37. The quantitative estimate of drug-likeness (QED) is 0.628. The van der Waals surface area contributed by atoms with Gasteiger partial charge in [-0.3, -0.25) is 15.6 Å². The van der Waals surface area contributed by atoms with E-state index in [-0.39, 0.29) is 5.91 Å². The number of fused-ring (bicyclic) bond motifs is 1. The van der Waals surface area contributed by atoms with Gasteiger partial charge in [-0.1, -0.05) is 36.4 Å². The minimum atomic E-state index is -0.267. The summed E-state index contributed by atoms with van der Waals surface area (Å²) in [4.78, 5) is 22.7. The number of nitrogens with two attached hydrogens (primary N) is 1. The van der Waals surface area contributed by atoms with Crippen LogP contribution in [0.25, 0.3) is 0 Å². The predicted molar refractivity (Wildman–Crippen MR) is 101 cm³/mol. The Morgan fingerprint density at radius 2 is 1.81 bits per heavy atom. The topological polar surface area (TPSA) is 96.2 Å². The van der Waals surface area contributed by atoms with Crippen molar-refractivity contribution in [1.29, 1.82) is 0 Å². The second-order valence-electron chi connectivity index (χ2n) is 5.94. The molecule has 1 aliphatic heterocycles. The number of para-hydroxylation sites is 1. The number of amides is 1. The van der Waals surface area contributed by atoms with Crippen LogP contribution in [0.4, 0.5) is 23.0 Å². The van der Waals surface area contributed by atoms with Crippen molar-refractivity contribution in [3.8, 4) is 0 Å². The SMILES string of the molecule is Nc1c(NNC(=O)c2ccccc2)ncnc1N1CCc2ccccc21. The molecule has 0 bridgehead atoms. The van der Waals surface area contributed by atoms with Crippen molar-refractivity contribution >= 4 is 28.9 Å². The third-order valence-corrected chi connectivity index (χ3v) is 4.34. The summed E-state index contributed by atoms with van der Waals surface area (Å²) in [6.45, 7) is 0.802. The smallest absolute Gasteiger partial charge is 0.269 e. The van der Waals surface area contributed by atoms with Gasteiger partial charge >= 0.3 is 0 Å². The molecule has 26 heavy (non-hydrogen) atoms. The Bertz CT molecular complexity index is 944. The fraction of sp³-hybridized carbons (Fsp3) is 0.105. The van der Waals surface area contributed by atoms with Crippen molar-refractivity contribution in [2.75, 3.05) is 22.6 Å². The third kappa shape index (κ3) is 2.90. The number of benzene rings is 2. The van der Waals surface area contributed by atoms with E-state index < -0.39 is 0 Å². The van der Waals surface area contributed by atoms with Gasteiger partial charge in [0.1, 0.15) is 12.0 Å². The average Bonchev–Trinajstić information content (AvgIpc) is 3.11. The van der Waals surface area contributed by atoms with E-state index in [1.54, 1.807) is 24.3 Å². The Morgan fingerprint density at radius 3 is 2.65 bits per heavy atom. The van der Waals surface area contributed by atoms with E-state index in [4.69, 9.17) is 5.73 Å². The number of nitrogens with one attached hydrogen (secondary N) is 2. The lowest BCUT2D eigenvalue weighted by Crippen LogP contribution is -2.30. The molecule has 130 valence electrons. The van der Waals surface area contributed by atoms with Gasteiger partial charge in [0.15, 0.2) is 11.6 Å². The van der Waals surface area contributed by atoms with Gasteiger partial charge in [0.05, 0.1) is 0 Å². The van der Waals surface area contributed by atoms with E-state index in [1.165, 1.54) is 11.9 Å². The molecule has 0 aliphatic carbocycles. The highest BCUT2D eigenvalue weighted by molar-refractivity contribution is 5.95. The second kappa shape index (κ2) is 6.72. The number of carbonyl (C=O) groups is 1. The summed E-state index contributed by atoms with van der Waals surface area (Å²) in [5.41, 5.74) is 15.0. The summed E-state index contributed by atoms with van der Waals surface area (Å²) in [6, 6.07) is 17.1. The minimum Gasteiger partial charge on any atom is -0.393 e. The number of carbonyl (C=O) groups excluding carboxylic acids is 1. The van der Waals surface area contributed by atoms with Gasteiger partial charge in [0.25, 0.3) is 5.91 Å². The maximum Gasteiger partial charge on any atom is 0.269 e. The zero-order valence-corrected chi connectivity index (χ0v) is 14.0. The maximum atomic E-state index is 12.2. The summed E-state index contributed by atoms with van der Waals surface area (Å²) in [7, 11) is 0. The minimum absolute atomic E-state index is 0.267. The van der Waals surface area contributed by atoms with Crippen LogP contribution in [0, 0.1) is 0 Å². The predicted octanol–water partition coefficient (Wildman–Crippen LogP) is 2.51. The lowest BCUT2D eigenvalue weighted by atomic mass is 10.2. The molecule has 7 heteroatoms. The first-order valence-electron chi connectivity index (χ1n) is 8.31. The van der Waals surface area contributed by atoms with E-state index in [2.05, 4.69) is 31.8 Å². The Kier molecular flexibility index (Phi) is 4.10. The van der Waals surface area contributed by atoms with Gasteiger partial charge in [0, 0.05) is 17.8 Å². The van der Waals surface area contributed by atoms with Crippen molar-refractivity contribution < 1.29 is 4.79 Å². The summed E-state index contributed by atoms with van der Waals surface area (Å²) < 4.78 is 0. The van der Waals surface area contributed by atoms with Crippen LogP contribution in [0.5, 0.6) is 0 Å². The Morgan fingerprint density at radius 1 is 1.04 bits per heavy atom. The van der Waals surface area contributed by atoms with Crippen molar-refractivity contribution in [2.45, 2.75) is 6.42 Å². The molecule has 0 atom stereocenters. The van der Waals surface area contributed by atoms with Crippen LogP contribution >= 0.6 is 0 Å². The molecule has 0 spiro atoms. The molecule has 2 aromatic carbocycles. The number of anilines is 4. The number of nitrogens with zero attached hydrogens (tertiary/aromatic N) is 3. The number of hydrogen-bond donors (Lipinski definition) is 3. The standard InChI is InChI=1S/C19H18N6O/c20-16-17(23-24-19(26)14-7-2-1-3-8-14)21-12-22-18(16)25-11-10-13-6-4-5-9-15(13)25/h1-9,12H,10-11,20H2,(H,24,26)(H,21,22,23). The lowest BCUT2D eigenvalue weighted by Gasteiger charge is -2.21. The van der Waals surface area contributed by atoms with Gasteiger partial charge in [-0.05, 0) is 30.2 Å². The molecule has 1 aromatic heterocycles. The Labute approximate surface area is 150 Å². The number of rotatable bonds is 4. The molecule has 0 radical (unpaired) electrons.